The van der Waals surface area contributed by atoms with Crippen molar-refractivity contribution < 1.29 is 14.6 Å². The molecule has 0 aliphatic carbocycles. The molecule has 1 aliphatic heterocycles. The number of amides is 1. The third kappa shape index (κ3) is 6.33. The van der Waals surface area contributed by atoms with Crippen LogP contribution in [0, 0.1) is 11.8 Å². The first-order valence-corrected chi connectivity index (χ1v) is 10.8. The molecular weight excluding hydrogens is 388 g/mol. The minimum Gasteiger partial charge on any atom is -0.444 e. The largest absolute Gasteiger partial charge is 0.444 e. The second kappa shape index (κ2) is 9.55. The highest BCUT2D eigenvalue weighted by Gasteiger charge is 2.43. The molecule has 1 fully saturated rings. The number of hydrogen-bond donors (Lipinski definition) is 2. The molecule has 3 rings (SSSR count). The number of rotatable bonds is 3. The second-order valence-corrected chi connectivity index (χ2v) is 9.08. The van der Waals surface area contributed by atoms with Gasteiger partial charge in [-0.2, -0.15) is 0 Å². The lowest BCUT2D eigenvalue weighted by Gasteiger charge is -2.43. The zero-order valence-electron chi connectivity index (χ0n) is 18.8. The summed E-state index contributed by atoms with van der Waals surface area (Å²) in [5.74, 6) is 6.15. The van der Waals surface area contributed by atoms with E-state index in [1.165, 1.54) is 0 Å². The maximum atomic E-state index is 12.7. The van der Waals surface area contributed by atoms with Crippen LogP contribution < -0.4 is 5.32 Å². The fourth-order valence-electron chi connectivity index (χ4n) is 3.68. The number of benzene rings is 2. The summed E-state index contributed by atoms with van der Waals surface area (Å²) in [5, 5.41) is 15.2. The highest BCUT2D eigenvalue weighted by atomic mass is 16.6. The standard InChI is InChI=1S/C26H32N2O3/c1-20(22-13-9-6-10-14-22)27-23-16-18-28(24(29)31-25(2,3)4)19-26(23,30)17-15-21-11-7-5-8-12-21/h5-14,20,23,27,30H,16,18-19H2,1-4H3/t20-,23+,26+/m1/s1. The third-order valence-corrected chi connectivity index (χ3v) is 5.30. The van der Waals surface area contributed by atoms with E-state index in [1.807, 2.05) is 69.3 Å². The molecule has 1 saturated heterocycles. The normalized spacial score (nSPS) is 22.2. The third-order valence-electron chi connectivity index (χ3n) is 5.30. The van der Waals surface area contributed by atoms with E-state index < -0.39 is 17.3 Å². The van der Waals surface area contributed by atoms with Crippen LogP contribution in [0.3, 0.4) is 0 Å². The lowest BCUT2D eigenvalue weighted by atomic mass is 9.86. The van der Waals surface area contributed by atoms with Gasteiger partial charge in [-0.25, -0.2) is 4.79 Å². The van der Waals surface area contributed by atoms with Gasteiger partial charge in [0, 0.05) is 18.2 Å². The van der Waals surface area contributed by atoms with E-state index >= 15 is 0 Å². The number of aliphatic hydroxyl groups is 1. The van der Waals surface area contributed by atoms with Gasteiger partial charge in [0.25, 0.3) is 0 Å². The minimum absolute atomic E-state index is 0.0318. The fraction of sp³-hybridized carbons (Fsp3) is 0.423. The molecule has 0 aromatic heterocycles. The lowest BCUT2D eigenvalue weighted by Crippen LogP contribution is -2.62. The Bertz CT molecular complexity index is 928. The van der Waals surface area contributed by atoms with Gasteiger partial charge < -0.3 is 20.1 Å². The molecule has 0 saturated carbocycles. The van der Waals surface area contributed by atoms with Crippen LogP contribution in [0.15, 0.2) is 60.7 Å². The van der Waals surface area contributed by atoms with E-state index in [2.05, 4.69) is 36.2 Å². The molecule has 2 N–H and O–H groups in total. The summed E-state index contributed by atoms with van der Waals surface area (Å²) >= 11 is 0. The molecule has 2 aromatic rings. The Balaban J connectivity index is 1.83. The predicted octanol–water partition coefficient (Wildman–Crippen LogP) is 4.13. The van der Waals surface area contributed by atoms with Gasteiger partial charge in [-0.3, -0.25) is 0 Å². The lowest BCUT2D eigenvalue weighted by molar-refractivity contribution is -0.0327. The van der Waals surface area contributed by atoms with E-state index in [0.717, 1.165) is 11.1 Å². The number of hydrogen-bond acceptors (Lipinski definition) is 4. The summed E-state index contributed by atoms with van der Waals surface area (Å²) in [6, 6.07) is 19.4. The maximum absolute atomic E-state index is 12.7. The first kappa shape index (κ1) is 22.9. The fourth-order valence-corrected chi connectivity index (χ4v) is 3.68. The molecule has 0 unspecified atom stereocenters. The van der Waals surface area contributed by atoms with Gasteiger partial charge >= 0.3 is 6.09 Å². The summed E-state index contributed by atoms with van der Waals surface area (Å²) < 4.78 is 5.53. The molecule has 1 aliphatic rings. The van der Waals surface area contributed by atoms with Crippen LogP contribution in [0.5, 0.6) is 0 Å². The monoisotopic (exact) mass is 420 g/mol. The van der Waals surface area contributed by atoms with Gasteiger partial charge in [-0.15, -0.1) is 0 Å². The Morgan fingerprint density at radius 1 is 1.16 bits per heavy atom. The number of carbonyl (C=O) groups excluding carboxylic acids is 1. The number of likely N-dealkylation sites (tertiary alicyclic amines) is 1. The van der Waals surface area contributed by atoms with Crippen LogP contribution >= 0.6 is 0 Å². The number of β-amino-alcohol motifs (C(OH)–C–C–N with tert-alkyl or cyclic N) is 1. The Hall–Kier alpha value is -2.81. The number of nitrogens with one attached hydrogen (secondary N) is 1. The van der Waals surface area contributed by atoms with E-state index in [4.69, 9.17) is 4.74 Å². The summed E-state index contributed by atoms with van der Waals surface area (Å²) in [6.07, 6.45) is 0.137. The van der Waals surface area contributed by atoms with Crippen molar-refractivity contribution in [3.63, 3.8) is 0 Å². The Labute approximate surface area is 185 Å². The van der Waals surface area contributed by atoms with Crippen molar-refractivity contribution in [3.8, 4) is 11.8 Å². The van der Waals surface area contributed by atoms with Crippen molar-refractivity contribution in [2.45, 2.75) is 57.4 Å². The van der Waals surface area contributed by atoms with E-state index in [0.29, 0.717) is 13.0 Å². The van der Waals surface area contributed by atoms with E-state index in [9.17, 15) is 9.90 Å². The molecule has 5 heteroatoms. The molecule has 0 bridgehead atoms. The summed E-state index contributed by atoms with van der Waals surface area (Å²) in [5.41, 5.74) is -0.0498. The highest BCUT2D eigenvalue weighted by Crippen LogP contribution is 2.26. The molecule has 164 valence electrons. The van der Waals surface area contributed by atoms with E-state index in [1.54, 1.807) is 4.90 Å². The summed E-state index contributed by atoms with van der Waals surface area (Å²) in [6.45, 7) is 8.15. The summed E-state index contributed by atoms with van der Waals surface area (Å²) in [4.78, 5) is 14.2. The Kier molecular flexibility index (Phi) is 7.04. The molecule has 3 atom stereocenters. The molecule has 0 radical (unpaired) electrons. The van der Waals surface area contributed by atoms with Crippen molar-refractivity contribution in [2.75, 3.05) is 13.1 Å². The molecule has 1 amide bonds. The van der Waals surface area contributed by atoms with Crippen LogP contribution in [0.1, 0.15) is 51.3 Å². The second-order valence-electron chi connectivity index (χ2n) is 9.08. The quantitative estimate of drug-likeness (QED) is 0.733. The van der Waals surface area contributed by atoms with E-state index in [-0.39, 0.29) is 18.6 Å². The van der Waals surface area contributed by atoms with Gasteiger partial charge in [0.15, 0.2) is 5.60 Å². The molecule has 1 heterocycles. The van der Waals surface area contributed by atoms with Crippen molar-refractivity contribution in [3.05, 3.63) is 71.8 Å². The average molecular weight is 421 g/mol. The van der Waals surface area contributed by atoms with Crippen LogP contribution in [-0.4, -0.2) is 46.4 Å². The SMILES string of the molecule is C[C@@H](N[C@H]1CCN(C(=O)OC(C)(C)C)C[C@@]1(O)C#Cc1ccccc1)c1ccccc1. The first-order chi connectivity index (χ1) is 14.7. The van der Waals surface area contributed by atoms with Crippen molar-refractivity contribution in [1.82, 2.24) is 10.2 Å². The predicted molar refractivity (Wildman–Crippen MR) is 122 cm³/mol. The number of piperidine rings is 1. The maximum Gasteiger partial charge on any atom is 0.410 e. The molecule has 5 nitrogen and oxygen atoms in total. The number of ether oxygens (including phenoxy) is 1. The summed E-state index contributed by atoms with van der Waals surface area (Å²) in [7, 11) is 0. The van der Waals surface area contributed by atoms with Gasteiger partial charge in [-0.1, -0.05) is 60.4 Å². The molecule has 2 aromatic carbocycles. The molecule has 31 heavy (non-hydrogen) atoms. The Morgan fingerprint density at radius 2 is 1.77 bits per heavy atom. The molecular formula is C26H32N2O3. The van der Waals surface area contributed by atoms with Gasteiger partial charge in [0.2, 0.25) is 0 Å². The Morgan fingerprint density at radius 3 is 2.39 bits per heavy atom. The topological polar surface area (TPSA) is 61.8 Å². The number of nitrogens with zero attached hydrogens (tertiary/aromatic N) is 1. The van der Waals surface area contributed by atoms with Crippen LogP contribution in [0.2, 0.25) is 0 Å². The van der Waals surface area contributed by atoms with Crippen molar-refractivity contribution in [1.29, 1.82) is 0 Å². The van der Waals surface area contributed by atoms with Gasteiger partial charge in [0.1, 0.15) is 5.60 Å². The smallest absolute Gasteiger partial charge is 0.410 e. The number of carbonyl (C=O) groups is 1. The van der Waals surface area contributed by atoms with Crippen LogP contribution in [0.25, 0.3) is 0 Å². The first-order valence-electron chi connectivity index (χ1n) is 10.8. The highest BCUT2D eigenvalue weighted by molar-refractivity contribution is 5.68. The molecule has 0 spiro atoms. The van der Waals surface area contributed by atoms with Crippen LogP contribution in [0.4, 0.5) is 4.79 Å². The van der Waals surface area contributed by atoms with Crippen LogP contribution in [-0.2, 0) is 4.74 Å². The van der Waals surface area contributed by atoms with Gasteiger partial charge in [-0.05, 0) is 51.8 Å². The van der Waals surface area contributed by atoms with Crippen molar-refractivity contribution >= 4 is 6.09 Å². The zero-order valence-corrected chi connectivity index (χ0v) is 18.8. The average Bonchev–Trinajstić information content (AvgIpc) is 2.74. The van der Waals surface area contributed by atoms with Crippen molar-refractivity contribution in [2.24, 2.45) is 0 Å². The van der Waals surface area contributed by atoms with Gasteiger partial charge in [0.05, 0.1) is 12.6 Å². The minimum atomic E-state index is -1.41. The zero-order chi connectivity index (χ0) is 22.5.